The summed E-state index contributed by atoms with van der Waals surface area (Å²) in [5.74, 6) is 0. The third-order valence-electron chi connectivity index (χ3n) is 1.64. The number of hydrogen-bond donors (Lipinski definition) is 2. The van der Waals surface area contributed by atoms with E-state index < -0.39 is 5.54 Å². The minimum atomic E-state index is -0.732. The smallest absolute Gasteiger partial charge is 0.0789 e. The quantitative estimate of drug-likeness (QED) is 0.789. The monoisotopic (exact) mass is 278 g/mol. The van der Waals surface area contributed by atoms with Crippen molar-refractivity contribution in [3.8, 4) is 0 Å². The summed E-state index contributed by atoms with van der Waals surface area (Å²) >= 11 is 2.17. The van der Waals surface area contributed by atoms with Gasteiger partial charge in [0.15, 0.2) is 0 Å². The molecule has 1 rings (SSSR count). The summed E-state index contributed by atoms with van der Waals surface area (Å²) in [7, 11) is 0. The molecule has 0 aliphatic rings. The van der Waals surface area contributed by atoms with E-state index in [4.69, 9.17) is 10.8 Å². The standard InChI is InChI=1S/C8H11IN2O/c1-8(10,5-12)7-3-2-6(9)4-11-7/h2-4,12H,5,10H2,1H3/t8-/m1/s1. The van der Waals surface area contributed by atoms with E-state index in [9.17, 15) is 0 Å². The van der Waals surface area contributed by atoms with Crippen LogP contribution in [0.2, 0.25) is 0 Å². The van der Waals surface area contributed by atoms with Crippen LogP contribution in [0, 0.1) is 3.57 Å². The van der Waals surface area contributed by atoms with E-state index in [1.165, 1.54) is 0 Å². The highest BCUT2D eigenvalue weighted by Crippen LogP contribution is 2.14. The highest BCUT2D eigenvalue weighted by Gasteiger charge is 2.20. The van der Waals surface area contributed by atoms with Gasteiger partial charge in [0.05, 0.1) is 17.8 Å². The molecule has 12 heavy (non-hydrogen) atoms. The first-order valence-electron chi connectivity index (χ1n) is 3.58. The molecular weight excluding hydrogens is 267 g/mol. The largest absolute Gasteiger partial charge is 0.394 e. The van der Waals surface area contributed by atoms with Crippen LogP contribution in [0.1, 0.15) is 12.6 Å². The molecule has 0 bridgehead atoms. The molecule has 0 amide bonds. The first kappa shape index (κ1) is 9.88. The maximum absolute atomic E-state index is 8.95. The molecule has 0 saturated carbocycles. The summed E-state index contributed by atoms with van der Waals surface area (Å²) in [6.45, 7) is 1.66. The Bertz CT molecular complexity index is 258. The van der Waals surface area contributed by atoms with Gasteiger partial charge in [-0.05, 0) is 41.6 Å². The van der Waals surface area contributed by atoms with Gasteiger partial charge >= 0.3 is 0 Å². The molecule has 3 N–H and O–H groups in total. The highest BCUT2D eigenvalue weighted by molar-refractivity contribution is 14.1. The van der Waals surface area contributed by atoms with E-state index in [0.717, 1.165) is 3.57 Å². The van der Waals surface area contributed by atoms with Crippen LogP contribution in [0.3, 0.4) is 0 Å². The fourth-order valence-corrected chi connectivity index (χ4v) is 1.11. The zero-order chi connectivity index (χ0) is 9.19. The summed E-state index contributed by atoms with van der Waals surface area (Å²) in [6.07, 6.45) is 1.73. The van der Waals surface area contributed by atoms with Crippen LogP contribution >= 0.6 is 22.6 Å². The lowest BCUT2D eigenvalue weighted by Crippen LogP contribution is -2.37. The van der Waals surface area contributed by atoms with E-state index in [0.29, 0.717) is 5.69 Å². The van der Waals surface area contributed by atoms with Crippen molar-refractivity contribution in [3.63, 3.8) is 0 Å². The average Bonchev–Trinajstić information content (AvgIpc) is 2.05. The van der Waals surface area contributed by atoms with Crippen LogP contribution < -0.4 is 5.73 Å². The first-order chi connectivity index (χ1) is 5.56. The minimum absolute atomic E-state index is 0.0966. The van der Waals surface area contributed by atoms with Crippen molar-refractivity contribution in [2.24, 2.45) is 5.73 Å². The van der Waals surface area contributed by atoms with Crippen molar-refractivity contribution in [1.82, 2.24) is 4.98 Å². The fourth-order valence-electron chi connectivity index (χ4n) is 0.795. The SMILES string of the molecule is C[C@@](N)(CO)c1ccc(I)cn1. The number of halogens is 1. The molecule has 1 aromatic rings. The Morgan fingerprint density at radius 2 is 2.33 bits per heavy atom. The summed E-state index contributed by atoms with van der Waals surface area (Å²) in [5, 5.41) is 8.95. The van der Waals surface area contributed by atoms with Crippen LogP contribution in [-0.4, -0.2) is 16.7 Å². The number of hydrogen-bond acceptors (Lipinski definition) is 3. The number of nitrogens with two attached hydrogens (primary N) is 1. The molecule has 0 unspecified atom stereocenters. The molecule has 0 radical (unpaired) electrons. The summed E-state index contributed by atoms with van der Waals surface area (Å²) in [6, 6.07) is 3.75. The molecule has 0 saturated heterocycles. The predicted octanol–water partition coefficient (Wildman–Crippen LogP) is 0.852. The van der Waals surface area contributed by atoms with Gasteiger partial charge in [0.25, 0.3) is 0 Å². The maximum atomic E-state index is 8.95. The van der Waals surface area contributed by atoms with Gasteiger partial charge in [0, 0.05) is 9.77 Å². The van der Waals surface area contributed by atoms with Crippen molar-refractivity contribution in [2.45, 2.75) is 12.5 Å². The average molecular weight is 278 g/mol. The summed E-state index contributed by atoms with van der Waals surface area (Å²) < 4.78 is 1.06. The van der Waals surface area contributed by atoms with Crippen molar-refractivity contribution >= 4 is 22.6 Å². The Hall–Kier alpha value is -0.200. The lowest BCUT2D eigenvalue weighted by atomic mass is 10.0. The second-order valence-electron chi connectivity index (χ2n) is 2.94. The third kappa shape index (κ3) is 2.15. The molecule has 66 valence electrons. The second kappa shape index (κ2) is 3.68. The van der Waals surface area contributed by atoms with E-state index >= 15 is 0 Å². The molecule has 0 aliphatic heterocycles. The summed E-state index contributed by atoms with van der Waals surface area (Å²) in [4.78, 5) is 4.13. The second-order valence-corrected chi connectivity index (χ2v) is 4.18. The highest BCUT2D eigenvalue weighted by atomic mass is 127. The van der Waals surface area contributed by atoms with Gasteiger partial charge in [-0.3, -0.25) is 4.98 Å². The van der Waals surface area contributed by atoms with Gasteiger partial charge in [-0.1, -0.05) is 0 Å². The van der Waals surface area contributed by atoms with Gasteiger partial charge in [0.2, 0.25) is 0 Å². The summed E-state index contributed by atoms with van der Waals surface area (Å²) in [5.41, 5.74) is 5.75. The Morgan fingerprint density at radius 1 is 1.67 bits per heavy atom. The maximum Gasteiger partial charge on any atom is 0.0789 e. The topological polar surface area (TPSA) is 59.1 Å². The number of nitrogens with zero attached hydrogens (tertiary/aromatic N) is 1. The van der Waals surface area contributed by atoms with Gasteiger partial charge in [-0.2, -0.15) is 0 Å². The van der Waals surface area contributed by atoms with E-state index in [-0.39, 0.29) is 6.61 Å². The van der Waals surface area contributed by atoms with Crippen molar-refractivity contribution in [2.75, 3.05) is 6.61 Å². The molecule has 4 heteroatoms. The van der Waals surface area contributed by atoms with Crippen molar-refractivity contribution in [3.05, 3.63) is 27.6 Å². The fraction of sp³-hybridized carbons (Fsp3) is 0.375. The molecule has 1 heterocycles. The van der Waals surface area contributed by atoms with E-state index in [2.05, 4.69) is 27.6 Å². The Morgan fingerprint density at radius 3 is 2.75 bits per heavy atom. The zero-order valence-electron chi connectivity index (χ0n) is 6.79. The third-order valence-corrected chi connectivity index (χ3v) is 2.28. The van der Waals surface area contributed by atoms with Gasteiger partial charge in [-0.15, -0.1) is 0 Å². The van der Waals surface area contributed by atoms with E-state index in [1.807, 2.05) is 12.1 Å². The van der Waals surface area contributed by atoms with Crippen molar-refractivity contribution < 1.29 is 5.11 Å². The number of aromatic nitrogens is 1. The number of rotatable bonds is 2. The lowest BCUT2D eigenvalue weighted by Gasteiger charge is -2.20. The van der Waals surface area contributed by atoms with Crippen molar-refractivity contribution in [1.29, 1.82) is 0 Å². The molecular formula is C8H11IN2O. The van der Waals surface area contributed by atoms with Gasteiger partial charge in [0.1, 0.15) is 0 Å². The Balaban J connectivity index is 2.96. The molecule has 0 aliphatic carbocycles. The zero-order valence-corrected chi connectivity index (χ0v) is 8.95. The van der Waals surface area contributed by atoms with Crippen LogP contribution in [0.5, 0.6) is 0 Å². The van der Waals surface area contributed by atoms with Gasteiger partial charge < -0.3 is 10.8 Å². The molecule has 0 aromatic carbocycles. The van der Waals surface area contributed by atoms with Crippen LogP contribution in [0.4, 0.5) is 0 Å². The number of aliphatic hydroxyl groups excluding tert-OH is 1. The van der Waals surface area contributed by atoms with Gasteiger partial charge in [-0.25, -0.2) is 0 Å². The minimum Gasteiger partial charge on any atom is -0.394 e. The Labute approximate surface area is 85.1 Å². The molecule has 0 fully saturated rings. The predicted molar refractivity (Wildman–Crippen MR) is 55.6 cm³/mol. The first-order valence-corrected chi connectivity index (χ1v) is 4.66. The molecule has 3 nitrogen and oxygen atoms in total. The van der Waals surface area contributed by atoms with E-state index in [1.54, 1.807) is 13.1 Å². The molecule has 0 spiro atoms. The lowest BCUT2D eigenvalue weighted by molar-refractivity contribution is 0.206. The molecule has 1 aromatic heterocycles. The molecule has 1 atom stereocenters. The number of aliphatic hydroxyl groups is 1. The Kier molecular flexibility index (Phi) is 3.03. The van der Waals surface area contributed by atoms with Crippen LogP contribution in [0.25, 0.3) is 0 Å². The number of pyridine rings is 1. The van der Waals surface area contributed by atoms with Crippen LogP contribution in [0.15, 0.2) is 18.3 Å². The van der Waals surface area contributed by atoms with Crippen LogP contribution in [-0.2, 0) is 5.54 Å². The normalized spacial score (nSPS) is 15.7.